The molecule has 0 radical (unpaired) electrons. The van der Waals surface area contributed by atoms with E-state index in [0.717, 1.165) is 28.1 Å². The van der Waals surface area contributed by atoms with Gasteiger partial charge in [-0.05, 0) is 39.2 Å². The largest absolute Gasteiger partial charge is 0.352 e. The van der Waals surface area contributed by atoms with Crippen LogP contribution in [-0.4, -0.2) is 26.8 Å². The maximum absolute atomic E-state index is 13.0. The molecule has 0 saturated heterocycles. The van der Waals surface area contributed by atoms with Crippen molar-refractivity contribution in [2.75, 3.05) is 0 Å². The van der Waals surface area contributed by atoms with Crippen molar-refractivity contribution in [3.05, 3.63) is 33.4 Å². The molecule has 1 amide bonds. The molecule has 3 rings (SSSR count). The maximum atomic E-state index is 13.0. The third kappa shape index (κ3) is 4.51. The molecule has 1 fully saturated rings. The Morgan fingerprint density at radius 3 is 2.68 bits per heavy atom. The van der Waals surface area contributed by atoms with E-state index in [1.165, 1.54) is 48.8 Å². The number of hydrogen-bond donors (Lipinski definition) is 1. The Morgan fingerprint density at radius 2 is 2.04 bits per heavy atom. The van der Waals surface area contributed by atoms with Gasteiger partial charge in [0.05, 0.1) is 10.6 Å². The second-order valence-corrected chi connectivity index (χ2v) is 10.0. The van der Waals surface area contributed by atoms with E-state index in [2.05, 4.69) is 11.9 Å². The number of nitrogens with one attached hydrogen (secondary N) is 1. The quantitative estimate of drug-likeness (QED) is 0.322. The Labute approximate surface area is 174 Å². The van der Waals surface area contributed by atoms with Gasteiger partial charge in [0.2, 0.25) is 5.91 Å². The molecule has 5 nitrogen and oxygen atoms in total. The molecule has 1 saturated carbocycles. The number of hydrogen-bond acceptors (Lipinski definition) is 5. The summed E-state index contributed by atoms with van der Waals surface area (Å²) in [7, 11) is 0. The molecule has 28 heavy (non-hydrogen) atoms. The average Bonchev–Trinajstić information content (AvgIpc) is 2.82. The summed E-state index contributed by atoms with van der Waals surface area (Å²) >= 11 is 2.89. The van der Waals surface area contributed by atoms with Gasteiger partial charge < -0.3 is 5.32 Å². The van der Waals surface area contributed by atoms with Crippen LogP contribution in [-0.2, 0) is 11.3 Å². The molecule has 0 unspecified atom stereocenters. The van der Waals surface area contributed by atoms with Gasteiger partial charge in [0.15, 0.2) is 5.16 Å². The minimum Gasteiger partial charge on any atom is -0.352 e. The third-order valence-corrected chi connectivity index (χ3v) is 7.61. The molecule has 2 aromatic rings. The number of fused-ring (bicyclic) bond motifs is 1. The lowest BCUT2D eigenvalue weighted by Gasteiger charge is -2.20. The number of allylic oxidation sites excluding steroid dienone is 1. The number of thioether (sulfide) groups is 1. The summed E-state index contributed by atoms with van der Waals surface area (Å²) in [4.78, 5) is 32.4. The van der Waals surface area contributed by atoms with Gasteiger partial charge in [0.1, 0.15) is 4.83 Å². The van der Waals surface area contributed by atoms with Crippen LogP contribution in [0.15, 0.2) is 22.6 Å². The van der Waals surface area contributed by atoms with E-state index < -0.39 is 0 Å². The molecular formula is C21H29N3O2S2. The van der Waals surface area contributed by atoms with Crippen molar-refractivity contribution >= 4 is 39.2 Å². The number of rotatable bonds is 6. The van der Waals surface area contributed by atoms with Gasteiger partial charge in [0.25, 0.3) is 5.56 Å². The number of carbonyl (C=O) groups excluding carboxylic acids is 1. The highest BCUT2D eigenvalue weighted by Gasteiger charge is 2.23. The van der Waals surface area contributed by atoms with Crippen molar-refractivity contribution in [2.45, 2.75) is 82.3 Å². The Bertz CT molecular complexity index is 924. The van der Waals surface area contributed by atoms with Crippen LogP contribution >= 0.6 is 23.1 Å². The molecule has 1 aliphatic rings. The predicted molar refractivity (Wildman–Crippen MR) is 119 cm³/mol. The fourth-order valence-electron chi connectivity index (χ4n) is 3.64. The van der Waals surface area contributed by atoms with Crippen LogP contribution in [0.3, 0.4) is 0 Å². The molecule has 152 valence electrons. The van der Waals surface area contributed by atoms with Crippen molar-refractivity contribution in [3.8, 4) is 0 Å². The summed E-state index contributed by atoms with van der Waals surface area (Å²) in [5.41, 5.74) is 0.941. The first-order valence-electron chi connectivity index (χ1n) is 10.0. The number of nitrogens with zero attached hydrogens (tertiary/aromatic N) is 2. The van der Waals surface area contributed by atoms with E-state index >= 15 is 0 Å². The SMILES string of the molecule is C=CCn1c(S[C@@H](C)C(=O)NC2CCCCCC2)nc2sc(C)c(C)c2c1=O. The summed E-state index contributed by atoms with van der Waals surface area (Å²) in [6.07, 6.45) is 8.69. The Hall–Kier alpha value is -1.60. The maximum Gasteiger partial charge on any atom is 0.263 e. The first-order valence-corrected chi connectivity index (χ1v) is 11.7. The Kier molecular flexibility index (Phi) is 6.99. The zero-order valence-corrected chi connectivity index (χ0v) is 18.5. The minimum absolute atomic E-state index is 0.0231. The molecule has 1 aliphatic carbocycles. The molecule has 7 heteroatoms. The van der Waals surface area contributed by atoms with Crippen LogP contribution in [0.25, 0.3) is 10.2 Å². The lowest BCUT2D eigenvalue weighted by Crippen LogP contribution is -2.39. The summed E-state index contributed by atoms with van der Waals surface area (Å²) < 4.78 is 1.63. The van der Waals surface area contributed by atoms with E-state index in [1.807, 2.05) is 20.8 Å². The monoisotopic (exact) mass is 419 g/mol. The average molecular weight is 420 g/mol. The van der Waals surface area contributed by atoms with Gasteiger partial charge in [-0.3, -0.25) is 14.2 Å². The number of aryl methyl sites for hydroxylation is 2. The van der Waals surface area contributed by atoms with E-state index in [0.29, 0.717) is 17.1 Å². The Morgan fingerprint density at radius 1 is 1.36 bits per heavy atom. The molecular weight excluding hydrogens is 390 g/mol. The topological polar surface area (TPSA) is 64.0 Å². The highest BCUT2D eigenvalue weighted by molar-refractivity contribution is 8.00. The van der Waals surface area contributed by atoms with Crippen molar-refractivity contribution in [3.63, 3.8) is 0 Å². The van der Waals surface area contributed by atoms with E-state index in [-0.39, 0.29) is 22.8 Å². The highest BCUT2D eigenvalue weighted by atomic mass is 32.2. The van der Waals surface area contributed by atoms with Gasteiger partial charge in [-0.15, -0.1) is 17.9 Å². The van der Waals surface area contributed by atoms with Crippen LogP contribution in [0.1, 0.15) is 55.9 Å². The van der Waals surface area contributed by atoms with Crippen LogP contribution < -0.4 is 10.9 Å². The molecule has 1 atom stereocenters. The molecule has 2 aromatic heterocycles. The summed E-state index contributed by atoms with van der Waals surface area (Å²) in [5, 5.41) is 4.16. The lowest BCUT2D eigenvalue weighted by atomic mass is 10.1. The third-order valence-electron chi connectivity index (χ3n) is 5.42. The van der Waals surface area contributed by atoms with Crippen LogP contribution in [0.5, 0.6) is 0 Å². The van der Waals surface area contributed by atoms with Gasteiger partial charge in [0, 0.05) is 17.5 Å². The van der Waals surface area contributed by atoms with E-state index in [4.69, 9.17) is 4.98 Å². The van der Waals surface area contributed by atoms with E-state index in [1.54, 1.807) is 10.6 Å². The van der Waals surface area contributed by atoms with Gasteiger partial charge in [-0.1, -0.05) is 43.5 Å². The molecule has 0 aliphatic heterocycles. The number of thiophene rings is 1. The zero-order chi connectivity index (χ0) is 20.3. The lowest BCUT2D eigenvalue weighted by molar-refractivity contribution is -0.121. The van der Waals surface area contributed by atoms with Crippen LogP contribution in [0.2, 0.25) is 0 Å². The smallest absolute Gasteiger partial charge is 0.263 e. The summed E-state index contributed by atoms with van der Waals surface area (Å²) in [6, 6.07) is 0.270. The number of amides is 1. The standard InChI is InChI=1S/C21H29N3O2S2/c1-5-12-24-20(26)17-13(2)14(3)27-19(17)23-21(24)28-15(4)18(25)22-16-10-8-6-7-9-11-16/h5,15-16H,1,6-12H2,2-4H3,(H,22,25)/t15-/m0/s1. The van der Waals surface area contributed by atoms with Crippen molar-refractivity contribution < 1.29 is 4.79 Å². The molecule has 2 heterocycles. The molecule has 0 spiro atoms. The van der Waals surface area contributed by atoms with Gasteiger partial charge in [-0.25, -0.2) is 4.98 Å². The molecule has 0 bridgehead atoms. The predicted octanol–water partition coefficient (Wildman–Crippen LogP) is 4.58. The minimum atomic E-state index is -0.314. The Balaban J connectivity index is 1.83. The first-order chi connectivity index (χ1) is 13.4. The van der Waals surface area contributed by atoms with Crippen LogP contribution in [0, 0.1) is 13.8 Å². The normalized spacial score (nSPS) is 16.7. The van der Waals surface area contributed by atoms with Crippen LogP contribution in [0.4, 0.5) is 0 Å². The van der Waals surface area contributed by atoms with Gasteiger partial charge in [-0.2, -0.15) is 0 Å². The molecule has 1 N–H and O–H groups in total. The van der Waals surface area contributed by atoms with Crippen molar-refractivity contribution in [1.29, 1.82) is 0 Å². The molecule has 0 aromatic carbocycles. The first kappa shape index (κ1) is 21.1. The second kappa shape index (κ2) is 9.27. The summed E-state index contributed by atoms with van der Waals surface area (Å²) in [5.74, 6) is 0.0231. The highest BCUT2D eigenvalue weighted by Crippen LogP contribution is 2.30. The number of carbonyl (C=O) groups is 1. The van der Waals surface area contributed by atoms with Crippen molar-refractivity contribution in [1.82, 2.24) is 14.9 Å². The number of aromatic nitrogens is 2. The summed E-state index contributed by atoms with van der Waals surface area (Å²) in [6.45, 7) is 10.0. The fourth-order valence-corrected chi connectivity index (χ4v) is 5.64. The van der Waals surface area contributed by atoms with Crippen molar-refractivity contribution in [2.24, 2.45) is 0 Å². The fraction of sp³-hybridized carbons (Fsp3) is 0.571. The van der Waals surface area contributed by atoms with Gasteiger partial charge >= 0.3 is 0 Å². The zero-order valence-electron chi connectivity index (χ0n) is 16.9. The second-order valence-electron chi connectivity index (χ2n) is 7.52. The van der Waals surface area contributed by atoms with E-state index in [9.17, 15) is 9.59 Å².